The average molecular weight is 404 g/mol. The summed E-state index contributed by atoms with van der Waals surface area (Å²) in [6.07, 6.45) is 0.276. The fraction of sp³-hybridized carbons (Fsp3) is 0.130. The number of nitro groups is 1. The molecular formula is C23H20N2O5. The van der Waals surface area contributed by atoms with Crippen LogP contribution in [0.15, 0.2) is 84.9 Å². The molecule has 152 valence electrons. The lowest BCUT2D eigenvalue weighted by Crippen LogP contribution is -2.43. The zero-order valence-corrected chi connectivity index (χ0v) is 16.1. The second-order valence-corrected chi connectivity index (χ2v) is 6.61. The molecule has 7 heteroatoms. The number of nitro benzene ring substituents is 1. The molecule has 0 spiro atoms. The Labute approximate surface area is 173 Å². The molecule has 0 aromatic heterocycles. The van der Waals surface area contributed by atoms with Crippen molar-refractivity contribution in [2.24, 2.45) is 0 Å². The highest BCUT2D eigenvalue weighted by Crippen LogP contribution is 2.13. The van der Waals surface area contributed by atoms with Gasteiger partial charge in [0.1, 0.15) is 12.6 Å². The maximum atomic E-state index is 12.7. The van der Waals surface area contributed by atoms with E-state index in [0.29, 0.717) is 11.1 Å². The first-order valence-electron chi connectivity index (χ1n) is 9.33. The van der Waals surface area contributed by atoms with Crippen molar-refractivity contribution >= 4 is 17.6 Å². The van der Waals surface area contributed by atoms with E-state index in [-0.39, 0.29) is 24.6 Å². The monoisotopic (exact) mass is 404 g/mol. The summed E-state index contributed by atoms with van der Waals surface area (Å²) in [5.74, 6) is -0.953. The maximum absolute atomic E-state index is 12.7. The van der Waals surface area contributed by atoms with Crippen molar-refractivity contribution < 1.29 is 19.2 Å². The first-order chi connectivity index (χ1) is 14.5. The lowest BCUT2D eigenvalue weighted by Gasteiger charge is -2.18. The van der Waals surface area contributed by atoms with E-state index >= 15 is 0 Å². The number of non-ortho nitro benzene ring substituents is 1. The molecule has 0 heterocycles. The number of nitrogens with zero attached hydrogens (tertiary/aromatic N) is 1. The molecule has 1 N–H and O–H groups in total. The molecule has 0 fully saturated rings. The first-order valence-corrected chi connectivity index (χ1v) is 9.33. The Morgan fingerprint density at radius 1 is 0.867 bits per heavy atom. The smallest absolute Gasteiger partial charge is 0.329 e. The number of carbonyl (C=O) groups is 2. The Morgan fingerprint density at radius 3 is 2.07 bits per heavy atom. The normalized spacial score (nSPS) is 11.3. The number of nitrogens with one attached hydrogen (secondary N) is 1. The van der Waals surface area contributed by atoms with E-state index in [9.17, 15) is 19.7 Å². The van der Waals surface area contributed by atoms with Crippen LogP contribution in [0.25, 0.3) is 0 Å². The maximum Gasteiger partial charge on any atom is 0.329 e. The van der Waals surface area contributed by atoms with Crippen molar-refractivity contribution in [3.63, 3.8) is 0 Å². The van der Waals surface area contributed by atoms with E-state index < -0.39 is 16.9 Å². The number of amides is 1. The van der Waals surface area contributed by atoms with Gasteiger partial charge < -0.3 is 10.1 Å². The Kier molecular flexibility index (Phi) is 6.89. The van der Waals surface area contributed by atoms with Crippen molar-refractivity contribution in [3.05, 3.63) is 112 Å². The molecule has 0 radical (unpaired) electrons. The minimum atomic E-state index is -0.877. The molecule has 0 saturated heterocycles. The summed E-state index contributed by atoms with van der Waals surface area (Å²) in [5, 5.41) is 13.5. The van der Waals surface area contributed by atoms with Gasteiger partial charge >= 0.3 is 5.97 Å². The van der Waals surface area contributed by atoms with Crippen LogP contribution in [0.3, 0.4) is 0 Å². The first kappa shape index (κ1) is 20.7. The van der Waals surface area contributed by atoms with Crippen molar-refractivity contribution in [1.82, 2.24) is 5.32 Å². The molecule has 0 aliphatic heterocycles. The molecule has 0 saturated carbocycles. The summed E-state index contributed by atoms with van der Waals surface area (Å²) in [4.78, 5) is 35.5. The molecule has 1 unspecified atom stereocenters. The van der Waals surface area contributed by atoms with Gasteiger partial charge in [-0.3, -0.25) is 14.9 Å². The third kappa shape index (κ3) is 5.75. The van der Waals surface area contributed by atoms with E-state index in [1.807, 2.05) is 30.3 Å². The lowest BCUT2D eigenvalue weighted by atomic mass is 10.1. The van der Waals surface area contributed by atoms with Gasteiger partial charge in [-0.25, -0.2) is 4.79 Å². The van der Waals surface area contributed by atoms with Gasteiger partial charge in [-0.15, -0.1) is 0 Å². The molecule has 3 rings (SSSR count). The van der Waals surface area contributed by atoms with Crippen LogP contribution in [0.1, 0.15) is 21.5 Å². The van der Waals surface area contributed by atoms with E-state index in [1.165, 1.54) is 24.3 Å². The minimum absolute atomic E-state index is 0.0397. The van der Waals surface area contributed by atoms with Gasteiger partial charge in [0.05, 0.1) is 4.92 Å². The van der Waals surface area contributed by atoms with E-state index in [2.05, 4.69) is 5.32 Å². The SMILES string of the molecule is O=C(NC(Cc1ccccc1)C(=O)OCc1ccc([N+](=O)[O-])cc1)c1ccccc1. The summed E-state index contributed by atoms with van der Waals surface area (Å²) >= 11 is 0. The Balaban J connectivity index is 1.69. The number of carbonyl (C=O) groups excluding carboxylic acids is 2. The van der Waals surface area contributed by atoms with E-state index in [1.54, 1.807) is 30.3 Å². The van der Waals surface area contributed by atoms with Crippen LogP contribution in [-0.2, 0) is 22.6 Å². The second-order valence-electron chi connectivity index (χ2n) is 6.61. The highest BCUT2D eigenvalue weighted by atomic mass is 16.6. The topological polar surface area (TPSA) is 98.5 Å². The Bertz CT molecular complexity index is 1000. The van der Waals surface area contributed by atoms with Gasteiger partial charge in [0.15, 0.2) is 0 Å². The van der Waals surface area contributed by atoms with Gasteiger partial charge in [0, 0.05) is 24.1 Å². The molecular weight excluding hydrogens is 384 g/mol. The van der Waals surface area contributed by atoms with Gasteiger partial charge in [0.25, 0.3) is 11.6 Å². The summed E-state index contributed by atoms with van der Waals surface area (Å²) in [6.45, 7) is -0.0523. The van der Waals surface area contributed by atoms with Gasteiger partial charge in [0.2, 0.25) is 0 Å². The fourth-order valence-corrected chi connectivity index (χ4v) is 2.84. The summed E-state index contributed by atoms with van der Waals surface area (Å²) in [5.41, 5.74) is 1.89. The molecule has 30 heavy (non-hydrogen) atoms. The number of rotatable bonds is 8. The second kappa shape index (κ2) is 9.97. The molecule has 3 aromatic carbocycles. The number of benzene rings is 3. The van der Waals surface area contributed by atoms with E-state index in [0.717, 1.165) is 5.56 Å². The standard InChI is InChI=1S/C23H20N2O5/c26-22(19-9-5-2-6-10-19)24-21(15-17-7-3-1-4-8-17)23(27)30-16-18-11-13-20(14-12-18)25(28)29/h1-14,21H,15-16H2,(H,24,26). The van der Waals surface area contributed by atoms with E-state index in [4.69, 9.17) is 4.74 Å². The van der Waals surface area contributed by atoms with Crippen molar-refractivity contribution in [2.75, 3.05) is 0 Å². The molecule has 7 nitrogen and oxygen atoms in total. The number of ether oxygens (including phenoxy) is 1. The summed E-state index contributed by atoms with van der Waals surface area (Å²) < 4.78 is 5.38. The Morgan fingerprint density at radius 2 is 1.47 bits per heavy atom. The molecule has 0 bridgehead atoms. The van der Waals surface area contributed by atoms with Crippen molar-refractivity contribution in [2.45, 2.75) is 19.1 Å². The zero-order chi connectivity index (χ0) is 21.3. The number of esters is 1. The van der Waals surface area contributed by atoms with Crippen LogP contribution in [0.5, 0.6) is 0 Å². The van der Waals surface area contributed by atoms with Crippen molar-refractivity contribution in [3.8, 4) is 0 Å². The largest absolute Gasteiger partial charge is 0.459 e. The van der Waals surface area contributed by atoms with Gasteiger partial charge in [-0.1, -0.05) is 48.5 Å². The van der Waals surface area contributed by atoms with Gasteiger partial charge in [-0.2, -0.15) is 0 Å². The number of hydrogen-bond acceptors (Lipinski definition) is 5. The minimum Gasteiger partial charge on any atom is -0.459 e. The van der Waals surface area contributed by atoms with Crippen molar-refractivity contribution in [1.29, 1.82) is 0 Å². The third-order valence-corrected chi connectivity index (χ3v) is 4.44. The van der Waals surface area contributed by atoms with Crippen LogP contribution in [0.4, 0.5) is 5.69 Å². The van der Waals surface area contributed by atoms with Crippen LogP contribution in [0, 0.1) is 10.1 Å². The molecule has 3 aromatic rings. The summed E-state index contributed by atoms with van der Waals surface area (Å²) in [6, 6.07) is 22.8. The quantitative estimate of drug-likeness (QED) is 0.351. The Hall–Kier alpha value is -4.00. The zero-order valence-electron chi connectivity index (χ0n) is 16.1. The average Bonchev–Trinajstić information content (AvgIpc) is 2.78. The predicted octanol–water partition coefficient (Wildman–Crippen LogP) is 3.68. The summed E-state index contributed by atoms with van der Waals surface area (Å²) in [7, 11) is 0. The third-order valence-electron chi connectivity index (χ3n) is 4.44. The van der Waals surface area contributed by atoms with Crippen LogP contribution >= 0.6 is 0 Å². The molecule has 0 aliphatic carbocycles. The highest BCUT2D eigenvalue weighted by Gasteiger charge is 2.23. The predicted molar refractivity (Wildman–Crippen MR) is 111 cm³/mol. The molecule has 1 amide bonds. The van der Waals surface area contributed by atoms with Crippen LogP contribution < -0.4 is 5.32 Å². The number of hydrogen-bond donors (Lipinski definition) is 1. The highest BCUT2D eigenvalue weighted by molar-refractivity contribution is 5.96. The van der Waals surface area contributed by atoms with Crippen LogP contribution in [0.2, 0.25) is 0 Å². The van der Waals surface area contributed by atoms with Crippen LogP contribution in [-0.4, -0.2) is 22.8 Å². The molecule has 0 aliphatic rings. The lowest BCUT2D eigenvalue weighted by molar-refractivity contribution is -0.384. The fourth-order valence-electron chi connectivity index (χ4n) is 2.84. The van der Waals surface area contributed by atoms with Gasteiger partial charge in [-0.05, 0) is 35.4 Å². The molecule has 1 atom stereocenters.